The summed E-state index contributed by atoms with van der Waals surface area (Å²) < 4.78 is 0. The molecule has 154 valence electrons. The highest BCUT2D eigenvalue weighted by Crippen LogP contribution is 2.55. The third-order valence-corrected chi connectivity index (χ3v) is 8.00. The van der Waals surface area contributed by atoms with Crippen LogP contribution in [0, 0.1) is 18.3 Å². The summed E-state index contributed by atoms with van der Waals surface area (Å²) in [5, 5.41) is 11.1. The van der Waals surface area contributed by atoms with Gasteiger partial charge in [0.15, 0.2) is 4.87 Å². The highest BCUT2D eigenvalue weighted by Gasteiger charge is 2.59. The van der Waals surface area contributed by atoms with Crippen molar-refractivity contribution in [2.45, 2.75) is 18.3 Å². The predicted octanol–water partition coefficient (Wildman–Crippen LogP) is 4.52. The van der Waals surface area contributed by atoms with E-state index in [1.165, 1.54) is 23.1 Å². The molecule has 0 bridgehead atoms. The molecule has 0 aliphatic carbocycles. The van der Waals surface area contributed by atoms with Crippen molar-refractivity contribution in [3.8, 4) is 6.07 Å². The van der Waals surface area contributed by atoms with Gasteiger partial charge in [-0.3, -0.25) is 9.59 Å². The Hall–Kier alpha value is -3.08. The molecule has 2 aromatic carbocycles. The van der Waals surface area contributed by atoms with Crippen LogP contribution < -0.4 is 4.90 Å². The normalized spacial score (nSPS) is 19.7. The van der Waals surface area contributed by atoms with Gasteiger partial charge in [-0.2, -0.15) is 5.26 Å². The molecule has 1 spiro atoms. The molecule has 1 unspecified atom stereocenters. The summed E-state index contributed by atoms with van der Waals surface area (Å²) in [6, 6.07) is 19.1. The minimum Gasteiger partial charge on any atom is -0.310 e. The van der Waals surface area contributed by atoms with Crippen LogP contribution >= 0.6 is 23.1 Å². The number of hydrogen-bond acceptors (Lipinski definition) is 5. The van der Waals surface area contributed by atoms with Crippen molar-refractivity contribution in [1.29, 1.82) is 5.26 Å². The van der Waals surface area contributed by atoms with Gasteiger partial charge in [-0.15, -0.1) is 23.1 Å². The molecule has 5 nitrogen and oxygen atoms in total. The molecule has 1 saturated heterocycles. The number of nitrogens with zero attached hydrogens (tertiary/aromatic N) is 3. The Kier molecular flexibility index (Phi) is 4.84. The van der Waals surface area contributed by atoms with Gasteiger partial charge in [-0.1, -0.05) is 35.9 Å². The van der Waals surface area contributed by atoms with Crippen molar-refractivity contribution >= 4 is 40.6 Å². The number of anilines is 1. The molecule has 5 rings (SSSR count). The van der Waals surface area contributed by atoms with Crippen molar-refractivity contribution in [2.75, 3.05) is 17.2 Å². The molecular formula is C24H19N3O2S2. The summed E-state index contributed by atoms with van der Waals surface area (Å²) in [4.78, 5) is 30.5. The Morgan fingerprint density at radius 1 is 1.19 bits per heavy atom. The number of rotatable bonds is 3. The zero-order valence-corrected chi connectivity index (χ0v) is 18.5. The lowest BCUT2D eigenvalue weighted by Gasteiger charge is -2.33. The monoisotopic (exact) mass is 445 g/mol. The highest BCUT2D eigenvalue weighted by molar-refractivity contribution is 8.01. The molecule has 7 heteroatoms. The van der Waals surface area contributed by atoms with Crippen LogP contribution in [0.5, 0.6) is 0 Å². The lowest BCUT2D eigenvalue weighted by Crippen LogP contribution is -2.50. The van der Waals surface area contributed by atoms with Gasteiger partial charge in [0.1, 0.15) is 0 Å². The van der Waals surface area contributed by atoms with Gasteiger partial charge in [0.05, 0.1) is 28.7 Å². The van der Waals surface area contributed by atoms with Gasteiger partial charge in [-0.25, -0.2) is 0 Å². The molecule has 0 radical (unpaired) electrons. The van der Waals surface area contributed by atoms with E-state index in [2.05, 4.69) is 6.07 Å². The lowest BCUT2D eigenvalue weighted by molar-refractivity contribution is -0.123. The molecule has 3 aromatic rings. The fourth-order valence-corrected chi connectivity index (χ4v) is 6.46. The van der Waals surface area contributed by atoms with Crippen LogP contribution in [0.15, 0.2) is 60.0 Å². The summed E-state index contributed by atoms with van der Waals surface area (Å²) in [6.45, 7) is 2.88. The van der Waals surface area contributed by atoms with Crippen molar-refractivity contribution in [3.63, 3.8) is 0 Å². The van der Waals surface area contributed by atoms with Gasteiger partial charge in [0.25, 0.3) is 11.8 Å². The van der Waals surface area contributed by atoms with E-state index in [1.54, 1.807) is 15.9 Å². The molecule has 2 aliphatic rings. The standard InChI is InChI=1S/C24H19N3O2S2/c1-16-7-8-20-19(12-16)24(27(9-11-31-24)22(28)21-6-3-10-30-21)23(29)26(20)15-18-5-2-4-17(13-18)14-25/h2-8,10,12-13H,9,11,15H2,1H3. The highest BCUT2D eigenvalue weighted by atomic mass is 32.2. The molecule has 1 aromatic heterocycles. The van der Waals surface area contributed by atoms with Gasteiger partial charge < -0.3 is 9.80 Å². The second-order valence-corrected chi connectivity index (χ2v) is 9.89. The molecular weight excluding hydrogens is 426 g/mol. The molecule has 2 amide bonds. The summed E-state index contributed by atoms with van der Waals surface area (Å²) in [7, 11) is 0. The topological polar surface area (TPSA) is 64.4 Å². The number of fused-ring (bicyclic) bond motifs is 2. The predicted molar refractivity (Wildman–Crippen MR) is 123 cm³/mol. The van der Waals surface area contributed by atoms with Crippen molar-refractivity contribution in [2.24, 2.45) is 0 Å². The van der Waals surface area contributed by atoms with E-state index in [0.29, 0.717) is 29.3 Å². The zero-order chi connectivity index (χ0) is 21.6. The number of amides is 2. The largest absolute Gasteiger partial charge is 0.310 e. The maximum Gasteiger partial charge on any atom is 0.268 e. The number of thioether (sulfide) groups is 1. The van der Waals surface area contributed by atoms with Gasteiger partial charge in [0.2, 0.25) is 0 Å². The van der Waals surface area contributed by atoms with Crippen LogP contribution in [-0.4, -0.2) is 29.0 Å². The van der Waals surface area contributed by atoms with E-state index in [1.807, 2.05) is 60.8 Å². The zero-order valence-electron chi connectivity index (χ0n) is 16.9. The van der Waals surface area contributed by atoms with E-state index in [4.69, 9.17) is 0 Å². The first-order valence-electron chi connectivity index (χ1n) is 9.96. The van der Waals surface area contributed by atoms with Crippen molar-refractivity contribution in [1.82, 2.24) is 4.90 Å². The smallest absolute Gasteiger partial charge is 0.268 e. The van der Waals surface area contributed by atoms with Crippen LogP contribution in [0.1, 0.15) is 31.9 Å². The number of carbonyl (C=O) groups excluding carboxylic acids is 2. The van der Waals surface area contributed by atoms with Crippen LogP contribution in [-0.2, 0) is 16.2 Å². The number of benzene rings is 2. The van der Waals surface area contributed by atoms with E-state index in [0.717, 1.165) is 22.4 Å². The second-order valence-electron chi connectivity index (χ2n) is 7.65. The van der Waals surface area contributed by atoms with Crippen molar-refractivity contribution in [3.05, 3.63) is 87.1 Å². The molecule has 31 heavy (non-hydrogen) atoms. The van der Waals surface area contributed by atoms with E-state index in [9.17, 15) is 14.9 Å². The minimum atomic E-state index is -1.05. The Morgan fingerprint density at radius 2 is 2.06 bits per heavy atom. The molecule has 0 saturated carbocycles. The summed E-state index contributed by atoms with van der Waals surface area (Å²) in [5.74, 6) is 0.505. The summed E-state index contributed by atoms with van der Waals surface area (Å²) >= 11 is 2.93. The minimum absolute atomic E-state index is 0.0946. The first kappa shape index (κ1) is 19.9. The quantitative estimate of drug-likeness (QED) is 0.595. The van der Waals surface area contributed by atoms with Gasteiger partial charge in [-0.05, 0) is 42.1 Å². The van der Waals surface area contributed by atoms with Crippen LogP contribution in [0.3, 0.4) is 0 Å². The Morgan fingerprint density at radius 3 is 2.84 bits per heavy atom. The van der Waals surface area contributed by atoms with E-state index >= 15 is 0 Å². The third-order valence-electron chi connectivity index (χ3n) is 5.72. The fraction of sp³-hybridized carbons (Fsp3) is 0.208. The molecule has 2 aliphatic heterocycles. The maximum absolute atomic E-state index is 14.0. The van der Waals surface area contributed by atoms with Crippen LogP contribution in [0.4, 0.5) is 5.69 Å². The average molecular weight is 446 g/mol. The first-order valence-corrected chi connectivity index (χ1v) is 11.8. The summed E-state index contributed by atoms with van der Waals surface area (Å²) in [6.07, 6.45) is 0. The number of hydrogen-bond donors (Lipinski definition) is 0. The van der Waals surface area contributed by atoms with Crippen LogP contribution in [0.2, 0.25) is 0 Å². The fourth-order valence-electron chi connectivity index (χ4n) is 4.34. The Bertz CT molecular complexity index is 1230. The van der Waals surface area contributed by atoms with Gasteiger partial charge >= 0.3 is 0 Å². The van der Waals surface area contributed by atoms with Gasteiger partial charge in [0, 0.05) is 17.9 Å². The Labute approximate surface area is 188 Å². The first-order chi connectivity index (χ1) is 15.0. The maximum atomic E-state index is 14.0. The third kappa shape index (κ3) is 3.06. The SMILES string of the molecule is Cc1ccc2c(c1)C1(SCCN1C(=O)c1cccs1)C(=O)N2Cc1cccc(C#N)c1. The summed E-state index contributed by atoms with van der Waals surface area (Å²) in [5.41, 5.74) is 4.20. The van der Waals surface area contributed by atoms with Crippen LogP contribution in [0.25, 0.3) is 0 Å². The number of aryl methyl sites for hydroxylation is 1. The number of thiophene rings is 1. The number of nitriles is 1. The molecule has 1 atom stereocenters. The second kappa shape index (κ2) is 7.56. The number of carbonyl (C=O) groups is 2. The molecule has 3 heterocycles. The molecule has 1 fully saturated rings. The average Bonchev–Trinajstić information content (AvgIpc) is 3.51. The van der Waals surface area contributed by atoms with Crippen molar-refractivity contribution < 1.29 is 9.59 Å². The lowest BCUT2D eigenvalue weighted by atomic mass is 10.0. The molecule has 0 N–H and O–H groups in total. The van der Waals surface area contributed by atoms with E-state index in [-0.39, 0.29) is 11.8 Å². The Balaban J connectivity index is 1.60. The van der Waals surface area contributed by atoms with E-state index < -0.39 is 4.87 Å².